The molecule has 0 fully saturated rings. The molecule has 0 saturated carbocycles. The first-order valence-corrected chi connectivity index (χ1v) is 6.66. The van der Waals surface area contributed by atoms with E-state index < -0.39 is 29.3 Å². The number of nitrogens with one attached hydrogen (secondary N) is 1. The van der Waals surface area contributed by atoms with Crippen LogP contribution in [0.25, 0.3) is 0 Å². The predicted molar refractivity (Wildman–Crippen MR) is 72.9 cm³/mol. The SMILES string of the molecule is CCCNC(c1cccc(F)c1)c1cc(F)c(F)cc1F. The molecule has 0 aliphatic heterocycles. The molecule has 2 rings (SSSR count). The van der Waals surface area contributed by atoms with Gasteiger partial charge in [0.05, 0.1) is 6.04 Å². The van der Waals surface area contributed by atoms with Crippen LogP contribution in [0.5, 0.6) is 0 Å². The van der Waals surface area contributed by atoms with Crippen molar-refractivity contribution in [3.63, 3.8) is 0 Å². The second-order valence-electron chi connectivity index (χ2n) is 4.73. The minimum absolute atomic E-state index is 0.0482. The Morgan fingerprint density at radius 2 is 1.67 bits per heavy atom. The molecular formula is C16H15F4N. The first-order valence-electron chi connectivity index (χ1n) is 6.66. The van der Waals surface area contributed by atoms with E-state index in [4.69, 9.17) is 0 Å². The van der Waals surface area contributed by atoms with Crippen LogP contribution < -0.4 is 5.32 Å². The van der Waals surface area contributed by atoms with Crippen LogP contribution in [0.1, 0.15) is 30.5 Å². The fourth-order valence-electron chi connectivity index (χ4n) is 2.14. The molecule has 0 radical (unpaired) electrons. The van der Waals surface area contributed by atoms with Crippen LogP contribution in [-0.4, -0.2) is 6.54 Å². The van der Waals surface area contributed by atoms with E-state index in [1.54, 1.807) is 6.07 Å². The normalized spacial score (nSPS) is 12.4. The molecule has 0 spiro atoms. The lowest BCUT2D eigenvalue weighted by molar-refractivity contribution is 0.479. The van der Waals surface area contributed by atoms with E-state index >= 15 is 0 Å². The Labute approximate surface area is 120 Å². The van der Waals surface area contributed by atoms with Crippen molar-refractivity contribution in [3.05, 3.63) is 70.8 Å². The van der Waals surface area contributed by atoms with Crippen molar-refractivity contribution in [1.29, 1.82) is 0 Å². The molecule has 112 valence electrons. The average molecular weight is 297 g/mol. The van der Waals surface area contributed by atoms with Crippen molar-refractivity contribution in [2.24, 2.45) is 0 Å². The molecule has 0 amide bonds. The van der Waals surface area contributed by atoms with E-state index in [-0.39, 0.29) is 5.56 Å². The lowest BCUT2D eigenvalue weighted by Crippen LogP contribution is -2.24. The molecule has 1 atom stereocenters. The topological polar surface area (TPSA) is 12.0 Å². The van der Waals surface area contributed by atoms with Crippen molar-refractivity contribution in [2.45, 2.75) is 19.4 Å². The third-order valence-corrected chi connectivity index (χ3v) is 3.13. The zero-order valence-electron chi connectivity index (χ0n) is 11.5. The van der Waals surface area contributed by atoms with Crippen LogP contribution in [0.15, 0.2) is 36.4 Å². The van der Waals surface area contributed by atoms with Gasteiger partial charge in [-0.3, -0.25) is 0 Å². The molecule has 0 aromatic heterocycles. The molecule has 21 heavy (non-hydrogen) atoms. The van der Waals surface area contributed by atoms with Gasteiger partial charge in [-0.25, -0.2) is 17.6 Å². The molecule has 0 saturated heterocycles. The van der Waals surface area contributed by atoms with E-state index in [1.165, 1.54) is 18.2 Å². The van der Waals surface area contributed by atoms with Crippen LogP contribution in [0.4, 0.5) is 17.6 Å². The Bertz CT molecular complexity index is 628. The lowest BCUT2D eigenvalue weighted by Gasteiger charge is -2.20. The van der Waals surface area contributed by atoms with E-state index in [0.717, 1.165) is 12.5 Å². The summed E-state index contributed by atoms with van der Waals surface area (Å²) in [6, 6.07) is 6.18. The molecule has 0 aliphatic carbocycles. The fraction of sp³-hybridized carbons (Fsp3) is 0.250. The highest BCUT2D eigenvalue weighted by Crippen LogP contribution is 2.27. The van der Waals surface area contributed by atoms with Crippen molar-refractivity contribution in [2.75, 3.05) is 6.54 Å². The summed E-state index contributed by atoms with van der Waals surface area (Å²) in [5.41, 5.74) is 0.404. The van der Waals surface area contributed by atoms with E-state index in [9.17, 15) is 17.6 Å². The molecule has 0 aliphatic rings. The summed E-state index contributed by atoms with van der Waals surface area (Å²) in [7, 11) is 0. The highest BCUT2D eigenvalue weighted by molar-refractivity contribution is 5.33. The number of rotatable bonds is 5. The molecule has 1 nitrogen and oxygen atoms in total. The van der Waals surface area contributed by atoms with Crippen LogP contribution in [0.3, 0.4) is 0 Å². The summed E-state index contributed by atoms with van der Waals surface area (Å²) in [6.07, 6.45) is 0.761. The second-order valence-corrected chi connectivity index (χ2v) is 4.73. The quantitative estimate of drug-likeness (QED) is 0.640. The highest BCUT2D eigenvalue weighted by Gasteiger charge is 2.20. The molecule has 0 heterocycles. The largest absolute Gasteiger partial charge is 0.306 e. The number of halogens is 4. The summed E-state index contributed by atoms with van der Waals surface area (Å²) in [6.45, 7) is 2.44. The Kier molecular flexibility index (Phi) is 4.96. The lowest BCUT2D eigenvalue weighted by atomic mass is 9.97. The summed E-state index contributed by atoms with van der Waals surface area (Å²) in [4.78, 5) is 0. The maximum absolute atomic E-state index is 14.0. The van der Waals surface area contributed by atoms with Gasteiger partial charge in [0.2, 0.25) is 0 Å². The van der Waals surface area contributed by atoms with Gasteiger partial charge in [0.15, 0.2) is 11.6 Å². The van der Waals surface area contributed by atoms with Crippen molar-refractivity contribution in [3.8, 4) is 0 Å². The second kappa shape index (κ2) is 6.72. The summed E-state index contributed by atoms with van der Waals surface area (Å²) < 4.78 is 53.7. The summed E-state index contributed by atoms with van der Waals surface area (Å²) in [5.74, 6) is -3.72. The third kappa shape index (κ3) is 3.61. The molecule has 0 bridgehead atoms. The maximum Gasteiger partial charge on any atom is 0.161 e. The van der Waals surface area contributed by atoms with Crippen LogP contribution in [-0.2, 0) is 0 Å². The van der Waals surface area contributed by atoms with Gasteiger partial charge in [-0.15, -0.1) is 0 Å². The molecule has 1 N–H and O–H groups in total. The minimum atomic E-state index is -1.25. The van der Waals surface area contributed by atoms with Gasteiger partial charge in [-0.1, -0.05) is 19.1 Å². The molecule has 1 unspecified atom stereocenters. The Morgan fingerprint density at radius 3 is 2.33 bits per heavy atom. The third-order valence-electron chi connectivity index (χ3n) is 3.13. The zero-order valence-corrected chi connectivity index (χ0v) is 11.5. The molecular weight excluding hydrogens is 282 g/mol. The molecule has 2 aromatic rings. The van der Waals surface area contributed by atoms with Crippen molar-refractivity contribution in [1.82, 2.24) is 5.32 Å². The first kappa shape index (κ1) is 15.5. The van der Waals surface area contributed by atoms with Gasteiger partial charge in [-0.05, 0) is 36.7 Å². The highest BCUT2D eigenvalue weighted by atomic mass is 19.2. The van der Waals surface area contributed by atoms with Gasteiger partial charge in [0.25, 0.3) is 0 Å². The number of benzene rings is 2. The van der Waals surface area contributed by atoms with E-state index in [1.807, 2.05) is 6.92 Å². The first-order chi connectivity index (χ1) is 10.0. The van der Waals surface area contributed by atoms with Crippen LogP contribution in [0, 0.1) is 23.3 Å². The van der Waals surface area contributed by atoms with E-state index in [0.29, 0.717) is 18.2 Å². The number of hydrogen-bond donors (Lipinski definition) is 1. The summed E-state index contributed by atoms with van der Waals surface area (Å²) in [5, 5.41) is 3.02. The van der Waals surface area contributed by atoms with Crippen molar-refractivity contribution >= 4 is 0 Å². The Morgan fingerprint density at radius 1 is 0.952 bits per heavy atom. The maximum atomic E-state index is 14.0. The zero-order chi connectivity index (χ0) is 15.4. The van der Waals surface area contributed by atoms with Gasteiger partial charge >= 0.3 is 0 Å². The molecule has 2 aromatic carbocycles. The monoisotopic (exact) mass is 297 g/mol. The van der Waals surface area contributed by atoms with Gasteiger partial charge < -0.3 is 5.32 Å². The fourth-order valence-corrected chi connectivity index (χ4v) is 2.14. The number of hydrogen-bond acceptors (Lipinski definition) is 1. The standard InChI is InChI=1S/C16H15F4N/c1-2-6-21-16(10-4-3-5-11(17)7-10)12-8-14(19)15(20)9-13(12)18/h3-5,7-9,16,21H,2,6H2,1H3. The Balaban J connectivity index is 2.47. The summed E-state index contributed by atoms with van der Waals surface area (Å²) >= 11 is 0. The van der Waals surface area contributed by atoms with Crippen molar-refractivity contribution < 1.29 is 17.6 Å². The van der Waals surface area contributed by atoms with Gasteiger partial charge in [-0.2, -0.15) is 0 Å². The van der Waals surface area contributed by atoms with Crippen LogP contribution >= 0.6 is 0 Å². The van der Waals surface area contributed by atoms with E-state index in [2.05, 4.69) is 5.32 Å². The van der Waals surface area contributed by atoms with Gasteiger partial charge in [0.1, 0.15) is 11.6 Å². The average Bonchev–Trinajstić information content (AvgIpc) is 2.44. The van der Waals surface area contributed by atoms with Gasteiger partial charge in [0, 0.05) is 11.6 Å². The smallest absolute Gasteiger partial charge is 0.161 e. The van der Waals surface area contributed by atoms with Crippen LogP contribution in [0.2, 0.25) is 0 Å². The minimum Gasteiger partial charge on any atom is -0.306 e. The predicted octanol–water partition coefficient (Wildman–Crippen LogP) is 4.33. The molecule has 5 heteroatoms. The Hall–Kier alpha value is -1.88.